The lowest BCUT2D eigenvalue weighted by atomic mass is 9.81. The molecule has 10 nitrogen and oxygen atoms in total. The van der Waals surface area contributed by atoms with Crippen molar-refractivity contribution in [1.82, 2.24) is 10.6 Å². The van der Waals surface area contributed by atoms with Crippen molar-refractivity contribution in [2.24, 2.45) is 0 Å². The van der Waals surface area contributed by atoms with Crippen LogP contribution in [0.2, 0.25) is 0 Å². The first-order valence-electron chi connectivity index (χ1n) is 6.68. The molecule has 3 heterocycles. The lowest BCUT2D eigenvalue weighted by Gasteiger charge is -2.53. The number of carbonyl (C=O) groups is 2. The molecule has 3 fully saturated rings. The van der Waals surface area contributed by atoms with Crippen LogP contribution in [0.25, 0.3) is 0 Å². The topological polar surface area (TPSA) is 169 Å². The molecule has 0 saturated carbocycles. The van der Waals surface area contributed by atoms with E-state index in [1.165, 1.54) is 0 Å². The van der Waals surface area contributed by atoms with E-state index >= 15 is 0 Å². The molecular weight excluding hydrogens is 300 g/mol. The first-order valence-corrected chi connectivity index (χ1v) is 6.68. The largest absolute Gasteiger partial charge is 0.393 e. The van der Waals surface area contributed by atoms with Gasteiger partial charge in [-0.25, -0.2) is 0 Å². The summed E-state index contributed by atoms with van der Waals surface area (Å²) in [5, 5.41) is 53.8. The molecule has 3 rings (SSSR count). The SMILES string of the molecule is CC1(O)CCO[C@]2([C@@H](O)[C@@](C)(O)CO)NC(=O)[C@@]1(O)NC2=O. The van der Waals surface area contributed by atoms with Gasteiger partial charge < -0.3 is 40.9 Å². The number of amides is 2. The molecule has 1 unspecified atom stereocenters. The third-order valence-corrected chi connectivity index (χ3v) is 4.25. The van der Waals surface area contributed by atoms with Crippen LogP contribution in [0.3, 0.4) is 0 Å². The van der Waals surface area contributed by atoms with Crippen LogP contribution in [0.1, 0.15) is 20.3 Å². The van der Waals surface area contributed by atoms with Crippen molar-refractivity contribution in [3.63, 3.8) is 0 Å². The van der Waals surface area contributed by atoms with Crippen molar-refractivity contribution >= 4 is 11.8 Å². The molecule has 2 amide bonds. The normalized spacial score (nSPS) is 42.7. The molecule has 3 aliphatic heterocycles. The van der Waals surface area contributed by atoms with Gasteiger partial charge in [0.2, 0.25) is 5.72 Å². The first kappa shape index (κ1) is 17.1. The van der Waals surface area contributed by atoms with Gasteiger partial charge in [-0.15, -0.1) is 0 Å². The smallest absolute Gasteiger partial charge is 0.279 e. The number of fused-ring (bicyclic) bond motifs is 5. The van der Waals surface area contributed by atoms with Crippen molar-refractivity contribution in [3.05, 3.63) is 0 Å². The summed E-state index contributed by atoms with van der Waals surface area (Å²) in [6.07, 6.45) is -2.26. The second-order valence-electron chi connectivity index (χ2n) is 6.14. The molecule has 22 heavy (non-hydrogen) atoms. The van der Waals surface area contributed by atoms with Gasteiger partial charge in [0.15, 0.2) is 0 Å². The van der Waals surface area contributed by atoms with Gasteiger partial charge in [-0.2, -0.15) is 0 Å². The van der Waals surface area contributed by atoms with Gasteiger partial charge in [-0.05, 0) is 13.8 Å². The Labute approximate surface area is 125 Å². The Morgan fingerprint density at radius 2 is 1.91 bits per heavy atom. The van der Waals surface area contributed by atoms with Crippen molar-refractivity contribution in [1.29, 1.82) is 0 Å². The zero-order valence-electron chi connectivity index (χ0n) is 12.2. The van der Waals surface area contributed by atoms with E-state index in [1.807, 2.05) is 10.6 Å². The number of rotatable bonds is 3. The van der Waals surface area contributed by atoms with Crippen LogP contribution in [0.5, 0.6) is 0 Å². The second-order valence-corrected chi connectivity index (χ2v) is 6.14. The fourth-order valence-corrected chi connectivity index (χ4v) is 2.50. The average molecular weight is 320 g/mol. The monoisotopic (exact) mass is 320 g/mol. The highest BCUT2D eigenvalue weighted by molar-refractivity contribution is 6.01. The number of hydrogen-bond acceptors (Lipinski definition) is 8. The Hall–Kier alpha value is -1.30. The maximum Gasteiger partial charge on any atom is 0.279 e. The maximum absolute atomic E-state index is 12.3. The highest BCUT2D eigenvalue weighted by atomic mass is 16.5. The molecule has 7 N–H and O–H groups in total. The predicted molar refractivity (Wildman–Crippen MR) is 68.9 cm³/mol. The molecule has 126 valence electrons. The van der Waals surface area contributed by atoms with E-state index in [9.17, 15) is 30.0 Å². The highest BCUT2D eigenvalue weighted by Crippen LogP contribution is 2.35. The zero-order valence-corrected chi connectivity index (χ0v) is 12.2. The number of aliphatic hydroxyl groups excluding tert-OH is 2. The number of ether oxygens (including phenoxy) is 1. The first-order chi connectivity index (χ1) is 9.93. The van der Waals surface area contributed by atoms with E-state index in [0.717, 1.165) is 13.8 Å². The summed E-state index contributed by atoms with van der Waals surface area (Å²) in [7, 11) is 0. The van der Waals surface area contributed by atoms with Crippen molar-refractivity contribution in [3.8, 4) is 0 Å². The molecule has 0 aliphatic carbocycles. The summed E-state index contributed by atoms with van der Waals surface area (Å²) in [6, 6.07) is 0. The molecule has 0 radical (unpaired) electrons. The van der Waals surface area contributed by atoms with Gasteiger partial charge in [0.1, 0.15) is 17.3 Å². The predicted octanol–water partition coefficient (Wildman–Crippen LogP) is -4.11. The summed E-state index contributed by atoms with van der Waals surface area (Å²) in [6.45, 7) is 0.978. The van der Waals surface area contributed by atoms with E-state index < -0.39 is 47.2 Å². The Kier molecular flexibility index (Phi) is 3.76. The van der Waals surface area contributed by atoms with Gasteiger partial charge in [0.05, 0.1) is 13.2 Å². The molecule has 2 bridgehead atoms. The van der Waals surface area contributed by atoms with Gasteiger partial charge in [0.25, 0.3) is 17.5 Å². The van der Waals surface area contributed by atoms with E-state index in [4.69, 9.17) is 9.84 Å². The molecule has 0 spiro atoms. The van der Waals surface area contributed by atoms with Gasteiger partial charge >= 0.3 is 0 Å². The Morgan fingerprint density at radius 1 is 1.32 bits per heavy atom. The summed E-state index contributed by atoms with van der Waals surface area (Å²) in [5.74, 6) is -2.36. The Morgan fingerprint density at radius 3 is 2.45 bits per heavy atom. The molecule has 3 saturated heterocycles. The molecule has 10 heteroatoms. The lowest BCUT2D eigenvalue weighted by Crippen LogP contribution is -2.86. The molecule has 0 aromatic rings. The molecule has 5 atom stereocenters. The highest BCUT2D eigenvalue weighted by Gasteiger charge is 2.67. The van der Waals surface area contributed by atoms with Crippen LogP contribution in [-0.4, -0.2) is 79.3 Å². The summed E-state index contributed by atoms with van der Waals surface area (Å²) >= 11 is 0. The van der Waals surface area contributed by atoms with E-state index in [-0.39, 0.29) is 13.0 Å². The number of nitrogens with one attached hydrogen (secondary N) is 2. The van der Waals surface area contributed by atoms with Crippen molar-refractivity contribution in [2.45, 2.75) is 49.0 Å². The van der Waals surface area contributed by atoms with Gasteiger partial charge in [-0.1, -0.05) is 0 Å². The second kappa shape index (κ2) is 4.85. The van der Waals surface area contributed by atoms with E-state index in [2.05, 4.69) is 0 Å². The number of aliphatic hydroxyl groups is 5. The van der Waals surface area contributed by atoms with Crippen LogP contribution in [-0.2, 0) is 14.3 Å². The van der Waals surface area contributed by atoms with Crippen molar-refractivity contribution in [2.75, 3.05) is 13.2 Å². The Balaban J connectivity index is 2.49. The summed E-state index contributed by atoms with van der Waals surface area (Å²) in [5.41, 5.74) is -9.18. The lowest BCUT2D eigenvalue weighted by molar-refractivity contribution is -0.258. The number of carbonyl (C=O) groups excluding carboxylic acids is 2. The third-order valence-electron chi connectivity index (χ3n) is 4.25. The standard InChI is InChI=1S/C12H20N2O8/c1-9(19,5-15)6(16)11-7(17)14-12(21,8(18)13-11)10(2,20)3-4-22-11/h6,15-16,19-21H,3-5H2,1-2H3,(H,13,18)(H,14,17)/t6-,9-,10?,11-,12-/m0/s1. The van der Waals surface area contributed by atoms with Gasteiger partial charge in [0, 0.05) is 6.42 Å². The minimum absolute atomic E-state index is 0.229. The summed E-state index contributed by atoms with van der Waals surface area (Å²) < 4.78 is 5.23. The molecule has 3 aliphatic rings. The fraction of sp³-hybridized carbons (Fsp3) is 0.833. The van der Waals surface area contributed by atoms with Crippen LogP contribution < -0.4 is 10.6 Å². The van der Waals surface area contributed by atoms with Crippen LogP contribution >= 0.6 is 0 Å². The minimum Gasteiger partial charge on any atom is -0.393 e. The molecule has 0 aromatic heterocycles. The minimum atomic E-state index is -2.61. The van der Waals surface area contributed by atoms with Crippen LogP contribution in [0.4, 0.5) is 0 Å². The van der Waals surface area contributed by atoms with Crippen molar-refractivity contribution < 1.29 is 39.9 Å². The average Bonchev–Trinajstić information content (AvgIpc) is 2.42. The van der Waals surface area contributed by atoms with Gasteiger partial charge in [-0.3, -0.25) is 9.59 Å². The fourth-order valence-electron chi connectivity index (χ4n) is 2.50. The van der Waals surface area contributed by atoms with Crippen LogP contribution in [0, 0.1) is 0 Å². The zero-order chi connectivity index (χ0) is 17.0. The van der Waals surface area contributed by atoms with Crippen LogP contribution in [0.15, 0.2) is 0 Å². The number of hydrogen-bond donors (Lipinski definition) is 7. The number of piperazine rings is 1. The van der Waals surface area contributed by atoms with E-state index in [0.29, 0.717) is 0 Å². The van der Waals surface area contributed by atoms with E-state index in [1.54, 1.807) is 0 Å². The molecule has 0 aromatic carbocycles. The quantitative estimate of drug-likeness (QED) is 0.275. The Bertz CT molecular complexity index is 507. The molecular formula is C12H20N2O8. The maximum atomic E-state index is 12.3. The summed E-state index contributed by atoms with van der Waals surface area (Å²) in [4.78, 5) is 24.5. The third kappa shape index (κ3) is 2.11.